The average molecular weight is 447 g/mol. The molecule has 11 heteroatoms. The number of aromatic nitrogens is 3. The lowest BCUT2D eigenvalue weighted by molar-refractivity contribution is -0.142. The van der Waals surface area contributed by atoms with Crippen LogP contribution in [0.1, 0.15) is 11.4 Å². The number of hydrogen-bond donors (Lipinski definition) is 0. The van der Waals surface area contributed by atoms with Gasteiger partial charge in [0, 0.05) is 37.8 Å². The molecule has 1 fully saturated rings. The lowest BCUT2D eigenvalue weighted by atomic mass is 10.1. The van der Waals surface area contributed by atoms with Crippen molar-refractivity contribution in [1.29, 1.82) is 0 Å². The van der Waals surface area contributed by atoms with Gasteiger partial charge in [-0.25, -0.2) is 9.50 Å². The minimum atomic E-state index is -4.66. The summed E-state index contributed by atoms with van der Waals surface area (Å²) < 4.78 is 52.8. The third-order valence-corrected chi connectivity index (χ3v) is 5.62. The Bertz CT molecular complexity index is 1190. The van der Waals surface area contributed by atoms with E-state index in [0.717, 1.165) is 23.7 Å². The highest BCUT2D eigenvalue weighted by atomic mass is 19.4. The van der Waals surface area contributed by atoms with Crippen molar-refractivity contribution in [2.75, 3.05) is 40.0 Å². The van der Waals surface area contributed by atoms with Gasteiger partial charge >= 0.3 is 6.18 Å². The molecule has 168 valence electrons. The van der Waals surface area contributed by atoms with Gasteiger partial charge in [0.05, 0.1) is 17.8 Å². The maximum absolute atomic E-state index is 13.8. The molecule has 2 aromatic heterocycles. The first kappa shape index (κ1) is 20.6. The Kier molecular flexibility index (Phi) is 4.92. The van der Waals surface area contributed by atoms with Crippen LogP contribution in [0.25, 0.3) is 16.9 Å². The number of alkyl halides is 3. The molecule has 0 spiro atoms. The van der Waals surface area contributed by atoms with Crippen molar-refractivity contribution in [3.63, 3.8) is 0 Å². The second-order valence-corrected chi connectivity index (χ2v) is 7.86. The topological polar surface area (TPSA) is 72.2 Å². The van der Waals surface area contributed by atoms with Crippen LogP contribution in [-0.2, 0) is 17.4 Å². The van der Waals surface area contributed by atoms with E-state index >= 15 is 0 Å². The Morgan fingerprint density at radius 1 is 1.06 bits per heavy atom. The van der Waals surface area contributed by atoms with Crippen LogP contribution in [0.4, 0.5) is 13.2 Å². The number of piperazine rings is 1. The number of rotatable bonds is 3. The molecule has 0 radical (unpaired) electrons. The Morgan fingerprint density at radius 3 is 2.56 bits per heavy atom. The Hall–Kier alpha value is -3.34. The average Bonchev–Trinajstić information content (AvgIpc) is 3.38. The maximum Gasteiger partial charge on any atom is 0.433 e. The minimum absolute atomic E-state index is 0.0219. The number of carbonyl (C=O) groups is 1. The number of fused-ring (bicyclic) bond motifs is 2. The summed E-state index contributed by atoms with van der Waals surface area (Å²) in [5.74, 6) is 0.815. The normalized spacial score (nSPS) is 16.7. The zero-order chi connectivity index (χ0) is 22.5. The molecule has 0 aliphatic carbocycles. The second kappa shape index (κ2) is 7.66. The predicted octanol–water partition coefficient (Wildman–Crippen LogP) is 2.46. The van der Waals surface area contributed by atoms with Crippen LogP contribution in [0.15, 0.2) is 30.3 Å². The highest BCUT2D eigenvalue weighted by Gasteiger charge is 2.35. The SMILES string of the molecule is CN1CCN(C(=O)Cc2cc3nc(-c4ccc5c(c4)OCO5)cc(C(F)(F)F)n3n2)CC1. The molecule has 1 amide bonds. The number of halogens is 3. The van der Waals surface area contributed by atoms with Crippen molar-refractivity contribution in [3.8, 4) is 22.8 Å². The second-order valence-electron chi connectivity index (χ2n) is 7.86. The number of benzene rings is 1. The summed E-state index contributed by atoms with van der Waals surface area (Å²) in [4.78, 5) is 20.8. The lowest BCUT2D eigenvalue weighted by Crippen LogP contribution is -2.47. The summed E-state index contributed by atoms with van der Waals surface area (Å²) in [5, 5.41) is 4.05. The van der Waals surface area contributed by atoms with E-state index in [2.05, 4.69) is 15.0 Å². The molecule has 2 aliphatic heterocycles. The molecule has 0 bridgehead atoms. The van der Waals surface area contributed by atoms with Crippen molar-refractivity contribution in [2.24, 2.45) is 0 Å². The molecule has 0 N–H and O–H groups in total. The summed E-state index contributed by atoms with van der Waals surface area (Å²) in [6, 6.07) is 7.23. The third kappa shape index (κ3) is 3.83. The molecule has 8 nitrogen and oxygen atoms in total. The summed E-state index contributed by atoms with van der Waals surface area (Å²) in [5.41, 5.74) is -0.115. The van der Waals surface area contributed by atoms with Crippen LogP contribution < -0.4 is 9.47 Å². The smallest absolute Gasteiger partial charge is 0.433 e. The van der Waals surface area contributed by atoms with E-state index in [1.165, 1.54) is 6.07 Å². The van der Waals surface area contributed by atoms with Crippen molar-refractivity contribution in [1.82, 2.24) is 24.4 Å². The Morgan fingerprint density at radius 2 is 1.81 bits per heavy atom. The van der Waals surface area contributed by atoms with Gasteiger partial charge in [-0.3, -0.25) is 4.79 Å². The Balaban J connectivity index is 1.49. The van der Waals surface area contributed by atoms with Crippen LogP contribution in [0.2, 0.25) is 0 Å². The highest BCUT2D eigenvalue weighted by molar-refractivity contribution is 5.79. The molecule has 0 atom stereocenters. The molecule has 1 saturated heterocycles. The molecule has 0 saturated carbocycles. The first-order valence-corrected chi connectivity index (χ1v) is 10.1. The first-order valence-electron chi connectivity index (χ1n) is 10.1. The van der Waals surface area contributed by atoms with Gasteiger partial charge in [0.15, 0.2) is 22.8 Å². The van der Waals surface area contributed by atoms with E-state index in [1.54, 1.807) is 23.1 Å². The standard InChI is InChI=1S/C21H20F3N5O3/c1-27-4-6-28(7-5-27)20(30)10-14-9-19-25-15(11-18(21(22,23)24)29(19)26-14)13-2-3-16-17(8-13)32-12-31-16/h2-3,8-9,11H,4-7,10,12H2,1H3. The molecule has 4 heterocycles. The largest absolute Gasteiger partial charge is 0.454 e. The number of hydrogen-bond acceptors (Lipinski definition) is 6. The van der Waals surface area contributed by atoms with Crippen LogP contribution in [0, 0.1) is 0 Å². The van der Waals surface area contributed by atoms with E-state index in [-0.39, 0.29) is 36.2 Å². The molecule has 2 aliphatic rings. The summed E-state index contributed by atoms with van der Waals surface area (Å²) in [7, 11) is 1.98. The number of nitrogens with zero attached hydrogens (tertiary/aromatic N) is 5. The molecule has 5 rings (SSSR count). The molecular formula is C21H20F3N5O3. The number of likely N-dealkylation sites (N-methyl/N-ethyl adjacent to an activating group) is 1. The molecule has 0 unspecified atom stereocenters. The molecular weight excluding hydrogens is 427 g/mol. The van der Waals surface area contributed by atoms with Gasteiger partial charge < -0.3 is 19.3 Å². The van der Waals surface area contributed by atoms with Crippen molar-refractivity contribution >= 4 is 11.6 Å². The monoisotopic (exact) mass is 447 g/mol. The zero-order valence-electron chi connectivity index (χ0n) is 17.2. The van der Waals surface area contributed by atoms with Gasteiger partial charge in [0.2, 0.25) is 12.7 Å². The first-order chi connectivity index (χ1) is 15.3. The quantitative estimate of drug-likeness (QED) is 0.614. The van der Waals surface area contributed by atoms with Crippen molar-refractivity contribution in [3.05, 3.63) is 41.7 Å². The van der Waals surface area contributed by atoms with Crippen LogP contribution in [0.3, 0.4) is 0 Å². The van der Waals surface area contributed by atoms with Gasteiger partial charge in [0.25, 0.3) is 0 Å². The number of amides is 1. The summed E-state index contributed by atoms with van der Waals surface area (Å²) in [6.07, 6.45) is -4.74. The van der Waals surface area contributed by atoms with E-state index in [1.807, 2.05) is 7.05 Å². The number of ether oxygens (including phenoxy) is 2. The summed E-state index contributed by atoms with van der Waals surface area (Å²) in [6.45, 7) is 2.75. The molecule has 1 aromatic carbocycles. The van der Waals surface area contributed by atoms with E-state index in [4.69, 9.17) is 9.47 Å². The van der Waals surface area contributed by atoms with Gasteiger partial charge in [0.1, 0.15) is 0 Å². The van der Waals surface area contributed by atoms with Crippen LogP contribution >= 0.6 is 0 Å². The third-order valence-electron chi connectivity index (χ3n) is 5.62. The zero-order valence-corrected chi connectivity index (χ0v) is 17.2. The summed E-state index contributed by atoms with van der Waals surface area (Å²) >= 11 is 0. The highest BCUT2D eigenvalue weighted by Crippen LogP contribution is 2.37. The van der Waals surface area contributed by atoms with Gasteiger partial charge in [-0.1, -0.05) is 0 Å². The van der Waals surface area contributed by atoms with E-state index in [0.29, 0.717) is 30.2 Å². The molecule has 3 aromatic rings. The fraction of sp³-hybridized carbons (Fsp3) is 0.381. The maximum atomic E-state index is 13.8. The van der Waals surface area contributed by atoms with Crippen molar-refractivity contribution in [2.45, 2.75) is 12.6 Å². The van der Waals surface area contributed by atoms with Crippen molar-refractivity contribution < 1.29 is 27.4 Å². The van der Waals surface area contributed by atoms with Crippen LogP contribution in [0.5, 0.6) is 11.5 Å². The number of carbonyl (C=O) groups excluding carboxylic acids is 1. The fourth-order valence-corrected chi connectivity index (χ4v) is 3.84. The fourth-order valence-electron chi connectivity index (χ4n) is 3.84. The van der Waals surface area contributed by atoms with Gasteiger partial charge in [-0.2, -0.15) is 18.3 Å². The van der Waals surface area contributed by atoms with Gasteiger partial charge in [-0.05, 0) is 31.3 Å². The van der Waals surface area contributed by atoms with E-state index in [9.17, 15) is 18.0 Å². The lowest BCUT2D eigenvalue weighted by Gasteiger charge is -2.32. The predicted molar refractivity (Wildman–Crippen MR) is 107 cm³/mol. The minimum Gasteiger partial charge on any atom is -0.454 e. The Labute approximate surface area is 181 Å². The molecule has 32 heavy (non-hydrogen) atoms. The van der Waals surface area contributed by atoms with Crippen LogP contribution in [-0.4, -0.2) is 70.3 Å². The van der Waals surface area contributed by atoms with E-state index < -0.39 is 11.9 Å². The van der Waals surface area contributed by atoms with Gasteiger partial charge in [-0.15, -0.1) is 0 Å².